The maximum atomic E-state index is 13.0. The third-order valence-corrected chi connectivity index (χ3v) is 6.12. The Balaban J connectivity index is 0.00000420. The van der Waals surface area contributed by atoms with Crippen LogP contribution in [0.4, 0.5) is 4.39 Å². The number of benzene rings is 2. The highest BCUT2D eigenvalue weighted by Crippen LogP contribution is 2.12. The van der Waals surface area contributed by atoms with Gasteiger partial charge in [0.05, 0.1) is 10.6 Å². The number of nitrogens with one attached hydrogen (secondary N) is 2. The number of hydrogen-bond donors (Lipinski definition) is 2. The van der Waals surface area contributed by atoms with Crippen LogP contribution in [0.3, 0.4) is 0 Å². The van der Waals surface area contributed by atoms with Gasteiger partial charge in [-0.25, -0.2) is 12.8 Å². The molecule has 8 heteroatoms. The molecule has 0 aliphatic carbocycles. The Labute approximate surface area is 190 Å². The van der Waals surface area contributed by atoms with Gasteiger partial charge in [-0.2, -0.15) is 0 Å². The van der Waals surface area contributed by atoms with Crippen molar-refractivity contribution in [2.24, 2.45) is 4.99 Å². The highest BCUT2D eigenvalue weighted by Gasteiger charge is 2.20. The van der Waals surface area contributed by atoms with Crippen molar-refractivity contribution in [3.05, 3.63) is 66.0 Å². The second kappa shape index (κ2) is 12.8. The van der Waals surface area contributed by atoms with E-state index in [2.05, 4.69) is 15.6 Å². The van der Waals surface area contributed by atoms with Crippen molar-refractivity contribution in [2.45, 2.75) is 37.6 Å². The molecule has 0 saturated carbocycles. The number of aliphatic imine (C=N–C) groups is 1. The average Bonchev–Trinajstić information content (AvgIpc) is 2.69. The van der Waals surface area contributed by atoms with Crippen LogP contribution in [0.25, 0.3) is 0 Å². The summed E-state index contributed by atoms with van der Waals surface area (Å²) < 4.78 is 38.3. The quantitative estimate of drug-likeness (QED) is 0.293. The lowest BCUT2D eigenvalue weighted by Gasteiger charge is -2.20. The molecule has 2 aromatic carbocycles. The summed E-state index contributed by atoms with van der Waals surface area (Å²) in [7, 11) is -3.38. The first-order valence-corrected chi connectivity index (χ1v) is 11.2. The van der Waals surface area contributed by atoms with Crippen LogP contribution in [-0.2, 0) is 16.3 Å². The molecular weight excluding hydrogens is 504 g/mol. The zero-order chi connectivity index (χ0) is 20.4. The molecule has 0 aromatic heterocycles. The summed E-state index contributed by atoms with van der Waals surface area (Å²) in [5.74, 6) is 0.322. The topological polar surface area (TPSA) is 70.6 Å². The molecule has 5 nitrogen and oxygen atoms in total. The van der Waals surface area contributed by atoms with Crippen LogP contribution < -0.4 is 10.6 Å². The highest BCUT2D eigenvalue weighted by atomic mass is 127. The minimum Gasteiger partial charge on any atom is -0.357 e. The Morgan fingerprint density at radius 1 is 1.07 bits per heavy atom. The average molecular weight is 533 g/mol. The van der Waals surface area contributed by atoms with E-state index in [1.54, 1.807) is 42.5 Å². The van der Waals surface area contributed by atoms with Crippen molar-refractivity contribution >= 4 is 39.8 Å². The van der Waals surface area contributed by atoms with Gasteiger partial charge in [0.15, 0.2) is 15.8 Å². The number of hydrogen-bond acceptors (Lipinski definition) is 3. The zero-order valence-electron chi connectivity index (χ0n) is 16.8. The van der Waals surface area contributed by atoms with Gasteiger partial charge < -0.3 is 10.6 Å². The minimum atomic E-state index is -3.38. The van der Waals surface area contributed by atoms with E-state index in [4.69, 9.17) is 0 Å². The van der Waals surface area contributed by atoms with Gasteiger partial charge in [-0.05, 0) is 49.6 Å². The largest absolute Gasteiger partial charge is 0.357 e. The van der Waals surface area contributed by atoms with Crippen LogP contribution in [0.1, 0.15) is 25.8 Å². The third kappa shape index (κ3) is 8.69. The summed E-state index contributed by atoms with van der Waals surface area (Å²) in [5, 5.41) is 6.38. The van der Waals surface area contributed by atoms with Crippen molar-refractivity contribution < 1.29 is 12.8 Å². The second-order valence-corrected chi connectivity index (χ2v) is 8.52. The number of guanidine groups is 1. The Morgan fingerprint density at radius 3 is 2.31 bits per heavy atom. The van der Waals surface area contributed by atoms with Crippen LogP contribution in [0.2, 0.25) is 0 Å². The molecule has 0 heterocycles. The lowest BCUT2D eigenvalue weighted by atomic mass is 10.1. The lowest BCUT2D eigenvalue weighted by molar-refractivity contribution is 0.569. The number of nitrogens with zero attached hydrogens (tertiary/aromatic N) is 1. The molecule has 0 fully saturated rings. The Kier molecular flexibility index (Phi) is 11.2. The van der Waals surface area contributed by atoms with Crippen LogP contribution >= 0.6 is 24.0 Å². The van der Waals surface area contributed by atoms with Gasteiger partial charge in [-0.3, -0.25) is 4.99 Å². The summed E-state index contributed by atoms with van der Waals surface area (Å²) in [6, 6.07) is 14.6. The van der Waals surface area contributed by atoms with E-state index in [1.165, 1.54) is 12.1 Å². The predicted molar refractivity (Wildman–Crippen MR) is 127 cm³/mol. The molecule has 0 aliphatic rings. The first-order valence-electron chi connectivity index (χ1n) is 9.51. The zero-order valence-corrected chi connectivity index (χ0v) is 19.9. The fourth-order valence-corrected chi connectivity index (χ4v) is 4.32. The third-order valence-electron chi connectivity index (χ3n) is 4.28. The monoisotopic (exact) mass is 533 g/mol. The van der Waals surface area contributed by atoms with Gasteiger partial charge in [0.25, 0.3) is 0 Å². The smallest absolute Gasteiger partial charge is 0.191 e. The molecule has 2 aromatic rings. The van der Waals surface area contributed by atoms with Gasteiger partial charge >= 0.3 is 0 Å². The van der Waals surface area contributed by atoms with E-state index in [-0.39, 0.29) is 41.6 Å². The van der Waals surface area contributed by atoms with Crippen molar-refractivity contribution in [1.29, 1.82) is 0 Å². The molecule has 0 bridgehead atoms. The minimum absolute atomic E-state index is 0. The first-order chi connectivity index (χ1) is 13.4. The molecular formula is C21H29FIN3O2S. The Morgan fingerprint density at radius 2 is 1.72 bits per heavy atom. The molecule has 29 heavy (non-hydrogen) atoms. The van der Waals surface area contributed by atoms with Crippen molar-refractivity contribution in [2.75, 3.05) is 18.8 Å². The van der Waals surface area contributed by atoms with E-state index >= 15 is 0 Å². The lowest BCUT2D eigenvalue weighted by Crippen LogP contribution is -2.46. The van der Waals surface area contributed by atoms with Crippen molar-refractivity contribution in [1.82, 2.24) is 10.6 Å². The van der Waals surface area contributed by atoms with E-state index in [1.807, 2.05) is 13.8 Å². The summed E-state index contributed by atoms with van der Waals surface area (Å²) in [4.78, 5) is 4.85. The number of rotatable bonds is 9. The highest BCUT2D eigenvalue weighted by molar-refractivity contribution is 14.0. The Hall–Kier alpha value is -1.68. The van der Waals surface area contributed by atoms with Gasteiger partial charge in [0.1, 0.15) is 5.82 Å². The normalized spacial score (nSPS) is 12.7. The van der Waals surface area contributed by atoms with E-state index in [0.717, 1.165) is 5.56 Å². The standard InChI is InChI=1S/C21H28FN3O2S.HI/c1-3-19(16-28(26,27)20-8-6-5-7-9-20)25-21(23-4-2)24-15-14-17-10-12-18(22)13-11-17;/h5-13,19H,3-4,14-16H2,1-2H3,(H2,23,24,25);1H. The molecule has 160 valence electrons. The number of halogens is 2. The summed E-state index contributed by atoms with van der Waals surface area (Å²) in [5.41, 5.74) is 1.000. The van der Waals surface area contributed by atoms with E-state index in [0.29, 0.717) is 36.8 Å². The maximum absolute atomic E-state index is 13.0. The van der Waals surface area contributed by atoms with Gasteiger partial charge in [-0.1, -0.05) is 37.3 Å². The van der Waals surface area contributed by atoms with Crippen molar-refractivity contribution in [3.63, 3.8) is 0 Å². The van der Waals surface area contributed by atoms with Crippen molar-refractivity contribution in [3.8, 4) is 0 Å². The summed E-state index contributed by atoms with van der Waals surface area (Å²) >= 11 is 0. The predicted octanol–water partition coefficient (Wildman–Crippen LogP) is 3.79. The number of sulfone groups is 1. The fraction of sp³-hybridized carbons (Fsp3) is 0.381. The molecule has 2 rings (SSSR count). The molecule has 0 aliphatic heterocycles. The van der Waals surface area contributed by atoms with Gasteiger partial charge in [0, 0.05) is 19.1 Å². The summed E-state index contributed by atoms with van der Waals surface area (Å²) in [6.07, 6.45) is 1.32. The Bertz CT molecular complexity index is 859. The molecule has 2 N–H and O–H groups in total. The summed E-state index contributed by atoms with van der Waals surface area (Å²) in [6.45, 7) is 5.09. The molecule has 1 unspecified atom stereocenters. The maximum Gasteiger partial charge on any atom is 0.191 e. The van der Waals surface area contributed by atoms with Gasteiger partial charge in [0.2, 0.25) is 0 Å². The van der Waals surface area contributed by atoms with Crippen LogP contribution in [-0.4, -0.2) is 39.3 Å². The second-order valence-electron chi connectivity index (χ2n) is 6.48. The molecule has 0 amide bonds. The fourth-order valence-electron chi connectivity index (χ4n) is 2.71. The molecule has 1 atom stereocenters. The van der Waals surface area contributed by atoms with Crippen LogP contribution in [0.15, 0.2) is 64.5 Å². The van der Waals surface area contributed by atoms with E-state index in [9.17, 15) is 12.8 Å². The SMILES string of the molecule is CCNC(=NCCc1ccc(F)cc1)NC(CC)CS(=O)(=O)c1ccccc1.I. The van der Waals surface area contributed by atoms with Crippen LogP contribution in [0, 0.1) is 5.82 Å². The first kappa shape index (κ1) is 25.4. The van der Waals surface area contributed by atoms with Crippen LogP contribution in [0.5, 0.6) is 0 Å². The van der Waals surface area contributed by atoms with Gasteiger partial charge in [-0.15, -0.1) is 24.0 Å². The molecule has 0 radical (unpaired) electrons. The molecule has 0 saturated heterocycles. The van der Waals surface area contributed by atoms with E-state index < -0.39 is 9.84 Å². The molecule has 0 spiro atoms.